The van der Waals surface area contributed by atoms with Gasteiger partial charge in [-0.2, -0.15) is 0 Å². The summed E-state index contributed by atoms with van der Waals surface area (Å²) in [5.74, 6) is 0.280. The van der Waals surface area contributed by atoms with Crippen molar-refractivity contribution < 1.29 is 19.0 Å². The topological polar surface area (TPSA) is 41.9 Å². The molecule has 0 amide bonds. The van der Waals surface area contributed by atoms with Gasteiger partial charge in [0.25, 0.3) is 0 Å². The fourth-order valence-electron chi connectivity index (χ4n) is 4.02. The summed E-state index contributed by atoms with van der Waals surface area (Å²) in [6.45, 7) is 2.33. The van der Waals surface area contributed by atoms with Gasteiger partial charge in [-0.25, -0.2) is 4.39 Å². The third-order valence-electron chi connectivity index (χ3n) is 5.52. The van der Waals surface area contributed by atoms with Crippen LogP contribution in [0.4, 0.5) is 4.39 Å². The zero-order chi connectivity index (χ0) is 20.4. The molecule has 2 aliphatic rings. The predicted molar refractivity (Wildman–Crippen MR) is 112 cm³/mol. The van der Waals surface area contributed by atoms with Crippen LogP contribution in [-0.4, -0.2) is 49.0 Å². The van der Waals surface area contributed by atoms with Crippen molar-refractivity contribution in [1.29, 1.82) is 0 Å². The Morgan fingerprint density at radius 2 is 2.00 bits per heavy atom. The summed E-state index contributed by atoms with van der Waals surface area (Å²) in [6, 6.07) is 8.89. The number of aliphatic hydroxyl groups is 1. The van der Waals surface area contributed by atoms with E-state index in [-0.39, 0.29) is 17.7 Å². The van der Waals surface area contributed by atoms with E-state index in [2.05, 4.69) is 17.0 Å². The average Bonchev–Trinajstić information content (AvgIpc) is 3.17. The second-order valence-corrected chi connectivity index (χ2v) is 8.47. The van der Waals surface area contributed by atoms with Gasteiger partial charge in [-0.15, -0.1) is 0 Å². The number of halogens is 3. The van der Waals surface area contributed by atoms with E-state index in [1.807, 2.05) is 6.07 Å². The summed E-state index contributed by atoms with van der Waals surface area (Å²) < 4.78 is 25.4. The van der Waals surface area contributed by atoms with Crippen LogP contribution in [0.3, 0.4) is 0 Å². The highest BCUT2D eigenvalue weighted by Crippen LogP contribution is 2.32. The lowest BCUT2D eigenvalue weighted by molar-refractivity contribution is -0.0460. The van der Waals surface area contributed by atoms with E-state index < -0.39 is 11.9 Å². The van der Waals surface area contributed by atoms with E-state index in [0.29, 0.717) is 36.8 Å². The first kappa shape index (κ1) is 20.9. The van der Waals surface area contributed by atoms with E-state index in [1.165, 1.54) is 29.7 Å². The predicted octanol–water partition coefficient (Wildman–Crippen LogP) is 4.43. The Labute approximate surface area is 180 Å². The minimum Gasteiger partial charge on any atom is -0.491 e. The van der Waals surface area contributed by atoms with Gasteiger partial charge >= 0.3 is 0 Å². The molecule has 1 N–H and O–H groups in total. The highest BCUT2D eigenvalue weighted by Gasteiger charge is 2.26. The standard InChI is InChI=1S/C22H24Cl2FNO3/c23-19-10-20(24)21(25)9-18(19)22-12-26(6-7-28-22)11-16(27)13-29-17-5-4-14-2-1-3-15(14)8-17/h4-5,8-10,16,22,27H,1-3,6-7,11-13H2. The smallest absolute Gasteiger partial charge is 0.142 e. The number of morpholine rings is 1. The molecule has 2 atom stereocenters. The van der Waals surface area contributed by atoms with Crippen molar-refractivity contribution in [1.82, 2.24) is 4.90 Å². The summed E-state index contributed by atoms with van der Waals surface area (Å²) in [6.07, 6.45) is 2.42. The molecule has 1 heterocycles. The first-order chi connectivity index (χ1) is 14.0. The number of hydrogen-bond donors (Lipinski definition) is 1. The fourth-order valence-corrected chi connectivity index (χ4v) is 4.53. The lowest BCUT2D eigenvalue weighted by atomic mass is 10.1. The van der Waals surface area contributed by atoms with E-state index in [4.69, 9.17) is 32.7 Å². The Hall–Kier alpha value is -1.37. The molecule has 2 aromatic carbocycles. The first-order valence-corrected chi connectivity index (χ1v) is 10.7. The number of ether oxygens (including phenoxy) is 2. The number of aliphatic hydroxyl groups excluding tert-OH is 1. The number of β-amino-alcohol motifs (C(OH)–C–C–N with tert-alkyl or cyclic N) is 1. The molecule has 2 unspecified atom stereocenters. The zero-order valence-corrected chi connectivity index (χ0v) is 17.6. The molecule has 29 heavy (non-hydrogen) atoms. The molecule has 2 aromatic rings. The van der Waals surface area contributed by atoms with Crippen LogP contribution in [0.25, 0.3) is 0 Å². The maximum atomic E-state index is 13.8. The maximum absolute atomic E-state index is 13.8. The van der Waals surface area contributed by atoms with Crippen LogP contribution >= 0.6 is 23.2 Å². The van der Waals surface area contributed by atoms with Crippen molar-refractivity contribution in [2.75, 3.05) is 32.8 Å². The number of benzene rings is 2. The van der Waals surface area contributed by atoms with Gasteiger partial charge in [0.05, 0.1) is 17.7 Å². The van der Waals surface area contributed by atoms with Gasteiger partial charge in [-0.05, 0) is 54.7 Å². The Bertz CT molecular complexity index is 879. The number of fused-ring (bicyclic) bond motifs is 1. The molecule has 1 aliphatic carbocycles. The minimum absolute atomic E-state index is 0.00876. The number of rotatable bonds is 6. The molecule has 4 nitrogen and oxygen atoms in total. The average molecular weight is 440 g/mol. The van der Waals surface area contributed by atoms with E-state index in [9.17, 15) is 9.50 Å². The quantitative estimate of drug-likeness (QED) is 0.675. The highest BCUT2D eigenvalue weighted by molar-refractivity contribution is 6.35. The molecule has 0 spiro atoms. The van der Waals surface area contributed by atoms with Crippen LogP contribution in [0.15, 0.2) is 30.3 Å². The Morgan fingerprint density at radius 3 is 2.86 bits per heavy atom. The second kappa shape index (κ2) is 9.19. The molecule has 1 saturated heterocycles. The molecule has 4 rings (SSSR count). The van der Waals surface area contributed by atoms with Gasteiger partial charge < -0.3 is 14.6 Å². The molecule has 7 heteroatoms. The summed E-state index contributed by atoms with van der Waals surface area (Å²) >= 11 is 12.0. The van der Waals surface area contributed by atoms with Crippen LogP contribution in [-0.2, 0) is 17.6 Å². The lowest BCUT2D eigenvalue weighted by Crippen LogP contribution is -2.43. The van der Waals surface area contributed by atoms with E-state index in [1.54, 1.807) is 0 Å². The van der Waals surface area contributed by atoms with Crippen molar-refractivity contribution in [2.45, 2.75) is 31.5 Å². The van der Waals surface area contributed by atoms with Gasteiger partial charge in [0.1, 0.15) is 24.3 Å². The van der Waals surface area contributed by atoms with Gasteiger partial charge in [0.2, 0.25) is 0 Å². The summed E-state index contributed by atoms with van der Waals surface area (Å²) in [5.41, 5.74) is 3.32. The second-order valence-electron chi connectivity index (χ2n) is 7.66. The van der Waals surface area contributed by atoms with Crippen LogP contribution in [0, 0.1) is 5.82 Å². The van der Waals surface area contributed by atoms with Gasteiger partial charge in [0.15, 0.2) is 0 Å². The molecular formula is C22H24Cl2FNO3. The SMILES string of the molecule is OC(COc1ccc2c(c1)CCC2)CN1CCOC(c2cc(F)c(Cl)cc2Cl)C1. The molecular weight excluding hydrogens is 416 g/mol. The van der Waals surface area contributed by atoms with E-state index >= 15 is 0 Å². The van der Waals surface area contributed by atoms with Gasteiger partial charge in [-0.3, -0.25) is 4.90 Å². The molecule has 1 aliphatic heterocycles. The minimum atomic E-state index is -0.639. The van der Waals surface area contributed by atoms with Crippen molar-refractivity contribution in [2.24, 2.45) is 0 Å². The van der Waals surface area contributed by atoms with Gasteiger partial charge in [0, 0.05) is 30.2 Å². The highest BCUT2D eigenvalue weighted by atomic mass is 35.5. The molecule has 156 valence electrons. The van der Waals surface area contributed by atoms with Crippen molar-refractivity contribution in [3.05, 3.63) is 62.9 Å². The first-order valence-electron chi connectivity index (χ1n) is 9.90. The normalized spacial score (nSPS) is 20.5. The van der Waals surface area contributed by atoms with Crippen LogP contribution in [0.2, 0.25) is 10.0 Å². The molecule has 0 bridgehead atoms. The number of aryl methyl sites for hydroxylation is 2. The zero-order valence-electron chi connectivity index (χ0n) is 16.0. The Kier molecular flexibility index (Phi) is 6.62. The van der Waals surface area contributed by atoms with Crippen LogP contribution in [0.5, 0.6) is 5.75 Å². The van der Waals surface area contributed by atoms with Crippen molar-refractivity contribution in [3.8, 4) is 5.75 Å². The largest absolute Gasteiger partial charge is 0.491 e. The van der Waals surface area contributed by atoms with Crippen LogP contribution < -0.4 is 4.74 Å². The fraction of sp³-hybridized carbons (Fsp3) is 0.455. The van der Waals surface area contributed by atoms with Crippen molar-refractivity contribution in [3.63, 3.8) is 0 Å². The molecule has 0 aromatic heterocycles. The maximum Gasteiger partial charge on any atom is 0.142 e. The summed E-state index contributed by atoms with van der Waals surface area (Å²) in [4.78, 5) is 2.08. The van der Waals surface area contributed by atoms with Crippen LogP contribution in [0.1, 0.15) is 29.2 Å². The number of nitrogens with zero attached hydrogens (tertiary/aromatic N) is 1. The van der Waals surface area contributed by atoms with Crippen molar-refractivity contribution >= 4 is 23.2 Å². The molecule has 0 saturated carbocycles. The summed E-state index contributed by atoms with van der Waals surface area (Å²) in [5, 5.41) is 10.8. The number of hydrogen-bond acceptors (Lipinski definition) is 4. The van der Waals surface area contributed by atoms with Gasteiger partial charge in [-0.1, -0.05) is 29.3 Å². The molecule has 1 fully saturated rings. The lowest BCUT2D eigenvalue weighted by Gasteiger charge is -2.34. The molecule has 0 radical (unpaired) electrons. The third-order valence-corrected chi connectivity index (χ3v) is 6.14. The summed E-state index contributed by atoms with van der Waals surface area (Å²) in [7, 11) is 0. The Balaban J connectivity index is 1.31. The third kappa shape index (κ3) is 5.04. The van der Waals surface area contributed by atoms with E-state index in [0.717, 1.165) is 18.6 Å². The monoisotopic (exact) mass is 439 g/mol. The Morgan fingerprint density at radius 1 is 1.17 bits per heavy atom.